The smallest absolute Gasteiger partial charge is 0.416 e. The average molecular weight is 542 g/mol. The molecular formula is C25H30F3N3O5S. The molecule has 2 aliphatic rings. The van der Waals surface area contributed by atoms with E-state index in [2.05, 4.69) is 0 Å². The normalized spacial score (nSPS) is 19.5. The fourth-order valence-corrected chi connectivity index (χ4v) is 6.50. The first kappa shape index (κ1) is 27.1. The Morgan fingerprint density at radius 1 is 0.973 bits per heavy atom. The van der Waals surface area contributed by atoms with Gasteiger partial charge >= 0.3 is 6.18 Å². The van der Waals surface area contributed by atoms with Gasteiger partial charge in [0, 0.05) is 51.0 Å². The lowest BCUT2D eigenvalue weighted by atomic mass is 9.97. The molecule has 2 aromatic carbocycles. The first-order valence-corrected chi connectivity index (χ1v) is 13.4. The Morgan fingerprint density at radius 3 is 2.35 bits per heavy atom. The Bertz CT molecular complexity index is 1230. The quantitative estimate of drug-likeness (QED) is 0.558. The predicted octanol–water partition coefficient (Wildman–Crippen LogP) is 3.47. The molecule has 2 saturated heterocycles. The van der Waals surface area contributed by atoms with Crippen molar-refractivity contribution in [1.29, 1.82) is 0 Å². The van der Waals surface area contributed by atoms with Gasteiger partial charge in [0.25, 0.3) is 0 Å². The monoisotopic (exact) mass is 541 g/mol. The molecule has 8 nitrogen and oxygen atoms in total. The van der Waals surface area contributed by atoms with Gasteiger partial charge in [0.1, 0.15) is 16.4 Å². The zero-order chi connectivity index (χ0) is 26.8. The molecule has 0 N–H and O–H groups in total. The standard InChI is InChI=1S/C25H30F3N3O5S/c1-35-21-8-9-22(36-2)23(16-21)37(33,34)31-10-4-5-18(17-31)24(32)30-13-11-29(12-14-30)20-7-3-6-19(15-20)25(26,27)28/h3,6-9,15-16,18H,4-5,10-14,17H2,1-2H3/t18-/m0/s1. The Kier molecular flexibility index (Phi) is 7.88. The number of amides is 1. The zero-order valence-corrected chi connectivity index (χ0v) is 21.5. The summed E-state index contributed by atoms with van der Waals surface area (Å²) in [7, 11) is -1.10. The van der Waals surface area contributed by atoms with Gasteiger partial charge in [-0.25, -0.2) is 8.42 Å². The summed E-state index contributed by atoms with van der Waals surface area (Å²) in [5.41, 5.74) is -0.247. The van der Waals surface area contributed by atoms with Crippen LogP contribution in [-0.2, 0) is 21.0 Å². The Hall–Kier alpha value is -2.99. The molecule has 0 unspecified atom stereocenters. The summed E-state index contributed by atoms with van der Waals surface area (Å²) >= 11 is 0. The number of alkyl halides is 3. The van der Waals surface area contributed by atoms with Crippen LogP contribution >= 0.6 is 0 Å². The molecule has 4 rings (SSSR count). The molecule has 0 aromatic heterocycles. The van der Waals surface area contributed by atoms with E-state index in [1.165, 1.54) is 36.7 Å². The van der Waals surface area contributed by atoms with E-state index in [0.29, 0.717) is 50.5 Å². The molecule has 2 aromatic rings. The molecule has 0 aliphatic carbocycles. The van der Waals surface area contributed by atoms with Gasteiger partial charge in [-0.15, -0.1) is 0 Å². The fraction of sp³-hybridized carbons (Fsp3) is 0.480. The fourth-order valence-electron chi connectivity index (χ4n) is 4.81. The Balaban J connectivity index is 1.42. The third-order valence-corrected chi connectivity index (χ3v) is 8.74. The van der Waals surface area contributed by atoms with Crippen molar-refractivity contribution in [2.24, 2.45) is 5.92 Å². The second-order valence-corrected chi connectivity index (χ2v) is 11.0. The summed E-state index contributed by atoms with van der Waals surface area (Å²) in [6.07, 6.45) is -3.32. The van der Waals surface area contributed by atoms with Gasteiger partial charge in [-0.2, -0.15) is 17.5 Å². The number of carbonyl (C=O) groups excluding carboxylic acids is 1. The first-order chi connectivity index (χ1) is 17.5. The lowest BCUT2D eigenvalue weighted by molar-refractivity contribution is -0.137. The summed E-state index contributed by atoms with van der Waals surface area (Å²) < 4.78 is 77.9. The van der Waals surface area contributed by atoms with Gasteiger partial charge in [0.2, 0.25) is 15.9 Å². The number of ether oxygens (including phenoxy) is 2. The van der Waals surface area contributed by atoms with Crippen molar-refractivity contribution in [1.82, 2.24) is 9.21 Å². The number of piperazine rings is 1. The molecule has 2 aliphatic heterocycles. The SMILES string of the molecule is COc1ccc(OC)c(S(=O)(=O)N2CCC[C@H](C(=O)N3CCN(c4cccc(C(F)(F)F)c4)CC3)C2)c1. The highest BCUT2D eigenvalue weighted by Crippen LogP contribution is 2.34. The maximum Gasteiger partial charge on any atom is 0.416 e. The second-order valence-electron chi connectivity index (χ2n) is 9.08. The summed E-state index contributed by atoms with van der Waals surface area (Å²) in [4.78, 5) is 16.8. The topological polar surface area (TPSA) is 79.4 Å². The molecule has 2 heterocycles. The number of anilines is 1. The van der Waals surface area contributed by atoms with Crippen LogP contribution in [0.2, 0.25) is 0 Å². The van der Waals surface area contributed by atoms with Crippen LogP contribution in [0.1, 0.15) is 18.4 Å². The highest BCUT2D eigenvalue weighted by molar-refractivity contribution is 7.89. The van der Waals surface area contributed by atoms with Gasteiger partial charge in [-0.3, -0.25) is 4.79 Å². The van der Waals surface area contributed by atoms with Crippen LogP contribution in [0.5, 0.6) is 11.5 Å². The summed E-state index contributed by atoms with van der Waals surface area (Å²) in [5, 5.41) is 0. The summed E-state index contributed by atoms with van der Waals surface area (Å²) in [6.45, 7) is 1.82. The lowest BCUT2D eigenvalue weighted by Crippen LogP contribution is -2.53. The number of halogens is 3. The number of hydrogen-bond acceptors (Lipinski definition) is 6. The van der Waals surface area contributed by atoms with Gasteiger partial charge in [-0.05, 0) is 43.2 Å². The minimum absolute atomic E-state index is 0.0165. The molecule has 1 amide bonds. The Labute approximate surface area is 214 Å². The molecule has 1 atom stereocenters. The molecule has 0 bridgehead atoms. The van der Waals surface area contributed by atoms with Crippen LogP contribution in [-0.4, -0.2) is 77.0 Å². The van der Waals surface area contributed by atoms with E-state index < -0.39 is 27.7 Å². The van der Waals surface area contributed by atoms with Gasteiger partial charge in [0.15, 0.2) is 0 Å². The van der Waals surface area contributed by atoms with E-state index in [-0.39, 0.29) is 29.6 Å². The maximum atomic E-state index is 13.5. The van der Waals surface area contributed by atoms with Gasteiger partial charge in [-0.1, -0.05) is 6.07 Å². The van der Waals surface area contributed by atoms with Crippen molar-refractivity contribution in [3.05, 3.63) is 48.0 Å². The number of methoxy groups -OCH3 is 2. The molecule has 202 valence electrons. The van der Waals surface area contributed by atoms with Crippen LogP contribution in [0.3, 0.4) is 0 Å². The van der Waals surface area contributed by atoms with E-state index in [1.54, 1.807) is 17.0 Å². The highest BCUT2D eigenvalue weighted by Gasteiger charge is 2.37. The summed E-state index contributed by atoms with van der Waals surface area (Å²) in [5.74, 6) is -0.0657. The number of piperidine rings is 1. The third kappa shape index (κ3) is 5.80. The number of sulfonamides is 1. The third-order valence-electron chi connectivity index (χ3n) is 6.85. The van der Waals surface area contributed by atoms with Crippen molar-refractivity contribution in [3.8, 4) is 11.5 Å². The van der Waals surface area contributed by atoms with Crippen LogP contribution in [0.4, 0.5) is 18.9 Å². The van der Waals surface area contributed by atoms with E-state index >= 15 is 0 Å². The zero-order valence-electron chi connectivity index (χ0n) is 20.7. The lowest BCUT2D eigenvalue weighted by Gasteiger charge is -2.39. The van der Waals surface area contributed by atoms with Crippen LogP contribution in [0, 0.1) is 5.92 Å². The van der Waals surface area contributed by atoms with Crippen LogP contribution in [0.15, 0.2) is 47.4 Å². The van der Waals surface area contributed by atoms with Crippen molar-refractivity contribution in [3.63, 3.8) is 0 Å². The number of carbonyl (C=O) groups is 1. The average Bonchev–Trinajstić information content (AvgIpc) is 2.92. The van der Waals surface area contributed by atoms with E-state index in [1.807, 2.05) is 4.90 Å². The maximum absolute atomic E-state index is 13.5. The molecule has 0 spiro atoms. The first-order valence-electron chi connectivity index (χ1n) is 12.0. The molecule has 12 heteroatoms. The van der Waals surface area contributed by atoms with E-state index in [9.17, 15) is 26.4 Å². The minimum Gasteiger partial charge on any atom is -0.497 e. The van der Waals surface area contributed by atoms with Gasteiger partial charge in [0.05, 0.1) is 25.7 Å². The largest absolute Gasteiger partial charge is 0.497 e. The van der Waals surface area contributed by atoms with Crippen molar-refractivity contribution in [2.75, 3.05) is 58.4 Å². The number of rotatable bonds is 6. The van der Waals surface area contributed by atoms with E-state index in [0.717, 1.165) is 12.1 Å². The predicted molar refractivity (Wildman–Crippen MR) is 131 cm³/mol. The molecule has 0 radical (unpaired) electrons. The number of nitrogens with zero attached hydrogens (tertiary/aromatic N) is 3. The van der Waals surface area contributed by atoms with Crippen molar-refractivity contribution >= 4 is 21.6 Å². The van der Waals surface area contributed by atoms with E-state index in [4.69, 9.17) is 9.47 Å². The molecular weight excluding hydrogens is 511 g/mol. The van der Waals surface area contributed by atoms with Crippen molar-refractivity contribution in [2.45, 2.75) is 23.9 Å². The van der Waals surface area contributed by atoms with Crippen LogP contribution in [0.25, 0.3) is 0 Å². The van der Waals surface area contributed by atoms with Crippen molar-refractivity contribution < 1.29 is 35.9 Å². The molecule has 37 heavy (non-hydrogen) atoms. The summed E-state index contributed by atoms with van der Waals surface area (Å²) in [6, 6.07) is 9.71. The Morgan fingerprint density at radius 2 is 1.70 bits per heavy atom. The highest BCUT2D eigenvalue weighted by atomic mass is 32.2. The van der Waals surface area contributed by atoms with Crippen LogP contribution < -0.4 is 14.4 Å². The minimum atomic E-state index is -4.42. The second kappa shape index (κ2) is 10.8. The number of benzene rings is 2. The van der Waals surface area contributed by atoms with Gasteiger partial charge < -0.3 is 19.3 Å². The molecule has 0 saturated carbocycles. The number of hydrogen-bond donors (Lipinski definition) is 0. The molecule has 2 fully saturated rings.